The van der Waals surface area contributed by atoms with Gasteiger partial charge in [0.2, 0.25) is 0 Å². The van der Waals surface area contributed by atoms with Gasteiger partial charge in [0.25, 0.3) is 0 Å². The molecule has 0 aliphatic carbocycles. The summed E-state index contributed by atoms with van der Waals surface area (Å²) in [6.45, 7) is 8.36. The van der Waals surface area contributed by atoms with E-state index in [9.17, 15) is 0 Å². The van der Waals surface area contributed by atoms with Crippen LogP contribution in [0.25, 0.3) is 0 Å². The van der Waals surface area contributed by atoms with Crippen molar-refractivity contribution in [2.45, 2.75) is 44.9 Å². The van der Waals surface area contributed by atoms with Gasteiger partial charge in [-0.25, -0.2) is 0 Å². The molecular formula is C8H20OSi2. The van der Waals surface area contributed by atoms with Crippen LogP contribution >= 0.6 is 0 Å². The monoisotopic (exact) mass is 188 g/mol. The fourth-order valence-corrected chi connectivity index (χ4v) is 11.6. The normalized spacial score (nSPS) is 39.0. The van der Waals surface area contributed by atoms with Gasteiger partial charge in [0.15, 0.2) is 8.56 Å². The minimum absolute atomic E-state index is 0.703. The van der Waals surface area contributed by atoms with E-state index in [1.54, 1.807) is 6.04 Å². The number of hydrogen-bond acceptors (Lipinski definition) is 1. The van der Waals surface area contributed by atoms with E-state index >= 15 is 0 Å². The molecule has 0 aromatic carbocycles. The Kier molecular flexibility index (Phi) is 3.34. The maximum atomic E-state index is 5.85. The summed E-state index contributed by atoms with van der Waals surface area (Å²) >= 11 is 0. The largest absolute Gasteiger partial charge is 0.424 e. The van der Waals surface area contributed by atoms with E-state index in [0.717, 1.165) is 6.61 Å². The lowest BCUT2D eigenvalue weighted by Gasteiger charge is -2.36. The molecule has 0 N–H and O–H groups in total. The summed E-state index contributed by atoms with van der Waals surface area (Å²) in [7, 11) is -1.53. The molecule has 1 aliphatic rings. The zero-order valence-corrected chi connectivity index (χ0v) is 10.2. The van der Waals surface area contributed by atoms with Crippen LogP contribution in [0.4, 0.5) is 0 Å². The van der Waals surface area contributed by atoms with E-state index in [4.69, 9.17) is 4.43 Å². The Morgan fingerprint density at radius 3 is 2.82 bits per heavy atom. The van der Waals surface area contributed by atoms with Crippen molar-refractivity contribution in [2.24, 2.45) is 0 Å². The molecule has 1 saturated heterocycles. The lowest BCUT2D eigenvalue weighted by molar-refractivity contribution is 0.321. The van der Waals surface area contributed by atoms with Gasteiger partial charge in [-0.15, -0.1) is 0 Å². The average molecular weight is 188 g/mol. The van der Waals surface area contributed by atoms with Gasteiger partial charge in [0, 0.05) is 6.61 Å². The Bertz CT molecular complexity index is 125. The third kappa shape index (κ3) is 2.16. The van der Waals surface area contributed by atoms with Crippen LogP contribution in [-0.2, 0) is 4.43 Å². The van der Waals surface area contributed by atoms with E-state index in [1.165, 1.54) is 18.9 Å². The van der Waals surface area contributed by atoms with Gasteiger partial charge in [-0.1, -0.05) is 38.5 Å². The second kappa shape index (κ2) is 3.87. The van der Waals surface area contributed by atoms with Crippen LogP contribution in [0, 0.1) is 0 Å². The molecule has 0 aromatic rings. The Hall–Kier alpha value is 0.394. The lowest BCUT2D eigenvalue weighted by atomic mass is 10.5. The topological polar surface area (TPSA) is 9.23 Å². The predicted molar refractivity (Wildman–Crippen MR) is 55.1 cm³/mol. The van der Waals surface area contributed by atoms with Gasteiger partial charge in [-0.05, 0) is 6.42 Å². The third-order valence-electron chi connectivity index (χ3n) is 3.06. The summed E-state index contributed by atoms with van der Waals surface area (Å²) in [5.41, 5.74) is 0. The summed E-state index contributed by atoms with van der Waals surface area (Å²) in [5, 5.41) is 0. The van der Waals surface area contributed by atoms with Gasteiger partial charge in [-0.3, -0.25) is 0 Å². The van der Waals surface area contributed by atoms with Crippen molar-refractivity contribution < 1.29 is 4.43 Å². The molecule has 3 heteroatoms. The molecule has 1 fully saturated rings. The van der Waals surface area contributed by atoms with Gasteiger partial charge >= 0.3 is 0 Å². The van der Waals surface area contributed by atoms with Crippen molar-refractivity contribution in [3.05, 3.63) is 0 Å². The minimum Gasteiger partial charge on any atom is -0.424 e. The maximum Gasteiger partial charge on any atom is 0.162 e. The summed E-state index contributed by atoms with van der Waals surface area (Å²) in [6, 6.07) is 3.06. The van der Waals surface area contributed by atoms with Crippen LogP contribution in [0.5, 0.6) is 0 Å². The van der Waals surface area contributed by atoms with Crippen molar-refractivity contribution in [1.82, 2.24) is 0 Å². The second-order valence-corrected chi connectivity index (χ2v) is 16.6. The Balaban J connectivity index is 2.49. The van der Waals surface area contributed by atoms with Crippen molar-refractivity contribution in [1.29, 1.82) is 0 Å². The highest BCUT2D eigenvalue weighted by molar-refractivity contribution is 7.30. The van der Waals surface area contributed by atoms with E-state index in [-0.39, 0.29) is 0 Å². The highest BCUT2D eigenvalue weighted by atomic mass is 29.2. The molecule has 2 unspecified atom stereocenters. The minimum atomic E-state index is -0.823. The summed E-state index contributed by atoms with van der Waals surface area (Å²) in [5.74, 6) is 0. The summed E-state index contributed by atoms with van der Waals surface area (Å²) < 4.78 is 5.85. The second-order valence-electron chi connectivity index (χ2n) is 4.02. The van der Waals surface area contributed by atoms with E-state index in [1.807, 2.05) is 0 Å². The SMILES string of the molecule is CCC[Si]1(C)CCCO[SiH]1C. The molecule has 1 nitrogen and oxygen atoms in total. The highest BCUT2D eigenvalue weighted by Crippen LogP contribution is 2.26. The van der Waals surface area contributed by atoms with Gasteiger partial charge in [0.1, 0.15) is 0 Å². The Labute approximate surface area is 72.7 Å². The fraction of sp³-hybridized carbons (Fsp3) is 1.00. The van der Waals surface area contributed by atoms with E-state index < -0.39 is 16.1 Å². The van der Waals surface area contributed by atoms with Crippen LogP contribution in [0.3, 0.4) is 0 Å². The molecule has 1 heterocycles. The zero-order valence-electron chi connectivity index (χ0n) is 8.02. The van der Waals surface area contributed by atoms with Crippen molar-refractivity contribution in [3.8, 4) is 0 Å². The van der Waals surface area contributed by atoms with Gasteiger partial charge in [0.05, 0.1) is 7.59 Å². The molecule has 11 heavy (non-hydrogen) atoms. The predicted octanol–water partition coefficient (Wildman–Crippen LogP) is 2.33. The first-order valence-electron chi connectivity index (χ1n) is 4.80. The molecule has 1 rings (SSSR count). The average Bonchev–Trinajstić information content (AvgIpc) is 1.96. The maximum absolute atomic E-state index is 5.85. The molecule has 0 radical (unpaired) electrons. The lowest BCUT2D eigenvalue weighted by Crippen LogP contribution is -2.51. The molecule has 0 saturated carbocycles. The molecule has 0 aromatic heterocycles. The highest BCUT2D eigenvalue weighted by Gasteiger charge is 2.37. The van der Waals surface area contributed by atoms with Gasteiger partial charge in [-0.2, -0.15) is 0 Å². The molecule has 2 atom stereocenters. The first-order chi connectivity index (χ1) is 5.19. The van der Waals surface area contributed by atoms with Crippen LogP contribution in [-0.4, -0.2) is 22.8 Å². The third-order valence-corrected chi connectivity index (χ3v) is 17.0. The standard InChI is InChI=1S/C8H20OSi2/c1-4-7-11(3)8-5-6-9-10(11)2/h10H,4-8H2,1-3H3. The van der Waals surface area contributed by atoms with E-state index in [0.29, 0.717) is 0 Å². The smallest absolute Gasteiger partial charge is 0.162 e. The van der Waals surface area contributed by atoms with Crippen molar-refractivity contribution in [2.75, 3.05) is 6.61 Å². The molecular weight excluding hydrogens is 168 g/mol. The molecule has 0 amide bonds. The Morgan fingerprint density at radius 1 is 1.55 bits per heavy atom. The molecule has 0 spiro atoms. The van der Waals surface area contributed by atoms with Crippen molar-refractivity contribution >= 4 is 16.1 Å². The first kappa shape index (κ1) is 9.48. The van der Waals surface area contributed by atoms with Gasteiger partial charge < -0.3 is 4.43 Å². The fourth-order valence-electron chi connectivity index (χ4n) is 2.04. The molecule has 0 bridgehead atoms. The summed E-state index contributed by atoms with van der Waals surface area (Å²) in [6.07, 6.45) is 2.73. The zero-order chi connectivity index (χ0) is 8.32. The summed E-state index contributed by atoms with van der Waals surface area (Å²) in [4.78, 5) is 0. The molecule has 66 valence electrons. The number of rotatable bonds is 2. The Morgan fingerprint density at radius 2 is 2.27 bits per heavy atom. The van der Waals surface area contributed by atoms with Crippen LogP contribution in [0.15, 0.2) is 0 Å². The van der Waals surface area contributed by atoms with Crippen LogP contribution in [0.2, 0.25) is 25.2 Å². The number of hydrogen-bond donors (Lipinski definition) is 0. The van der Waals surface area contributed by atoms with Crippen LogP contribution in [0.1, 0.15) is 19.8 Å². The quantitative estimate of drug-likeness (QED) is 0.604. The van der Waals surface area contributed by atoms with Crippen molar-refractivity contribution in [3.63, 3.8) is 0 Å². The first-order valence-corrected chi connectivity index (χ1v) is 11.2. The van der Waals surface area contributed by atoms with E-state index in [2.05, 4.69) is 20.0 Å². The van der Waals surface area contributed by atoms with Crippen LogP contribution < -0.4 is 0 Å². The molecule has 1 aliphatic heterocycles.